The predicted molar refractivity (Wildman–Crippen MR) is 112 cm³/mol. The lowest BCUT2D eigenvalue weighted by Gasteiger charge is -2.34. The van der Waals surface area contributed by atoms with Gasteiger partial charge in [0.15, 0.2) is 0 Å². The molecule has 0 bridgehead atoms. The van der Waals surface area contributed by atoms with E-state index in [1.54, 1.807) is 12.1 Å². The van der Waals surface area contributed by atoms with Crippen molar-refractivity contribution >= 4 is 10.0 Å². The van der Waals surface area contributed by atoms with Gasteiger partial charge in [0.2, 0.25) is 10.0 Å². The molecule has 0 atom stereocenters. The van der Waals surface area contributed by atoms with Crippen LogP contribution in [0.25, 0.3) is 0 Å². The summed E-state index contributed by atoms with van der Waals surface area (Å²) in [5.41, 5.74) is 0.785. The van der Waals surface area contributed by atoms with Gasteiger partial charge in [0, 0.05) is 18.2 Å². The lowest BCUT2D eigenvalue weighted by atomic mass is 10.0. The number of hydrogen-bond acceptors (Lipinski definition) is 4. The highest BCUT2D eigenvalue weighted by molar-refractivity contribution is 7.89. The molecule has 0 radical (unpaired) electrons. The number of piperidine rings is 1. The number of alkyl halides is 3. The van der Waals surface area contributed by atoms with E-state index < -0.39 is 40.5 Å². The second-order valence-corrected chi connectivity index (χ2v) is 9.95. The summed E-state index contributed by atoms with van der Waals surface area (Å²) >= 11 is 0. The summed E-state index contributed by atoms with van der Waals surface area (Å²) < 4.78 is 84.4. The van der Waals surface area contributed by atoms with E-state index in [-0.39, 0.29) is 16.4 Å². The van der Waals surface area contributed by atoms with Crippen LogP contribution in [0.2, 0.25) is 0 Å². The van der Waals surface area contributed by atoms with Crippen LogP contribution in [0.15, 0.2) is 47.4 Å². The van der Waals surface area contributed by atoms with Gasteiger partial charge in [-0.15, -0.1) is 13.2 Å². The Labute approximate surface area is 185 Å². The molecule has 0 unspecified atom stereocenters. The smallest absolute Gasteiger partial charge is 0.406 e. The van der Waals surface area contributed by atoms with Crippen LogP contribution in [0.4, 0.5) is 17.6 Å². The minimum absolute atomic E-state index is 0.0588. The van der Waals surface area contributed by atoms with Crippen LogP contribution < -0.4 is 10.1 Å². The molecule has 32 heavy (non-hydrogen) atoms. The van der Waals surface area contributed by atoms with Crippen molar-refractivity contribution in [3.05, 3.63) is 59.4 Å². The Morgan fingerprint density at radius 1 is 1.09 bits per heavy atom. The monoisotopic (exact) mass is 474 g/mol. The number of benzene rings is 2. The SMILES string of the molecule is CC(C)c1ccc(S(=O)(=O)N(Cc2cc(OC(F)(F)F)ccc2F)C2CCNCC2)cc1. The third-order valence-electron chi connectivity index (χ3n) is 5.45. The third kappa shape index (κ3) is 5.99. The van der Waals surface area contributed by atoms with Gasteiger partial charge >= 0.3 is 6.36 Å². The molecule has 1 aliphatic heterocycles. The first-order valence-electron chi connectivity index (χ1n) is 10.3. The maximum atomic E-state index is 14.5. The Morgan fingerprint density at radius 2 is 1.72 bits per heavy atom. The van der Waals surface area contributed by atoms with E-state index in [4.69, 9.17) is 0 Å². The first kappa shape index (κ1) is 24.5. The topological polar surface area (TPSA) is 58.6 Å². The summed E-state index contributed by atoms with van der Waals surface area (Å²) in [6.45, 7) is 4.75. The second kappa shape index (κ2) is 9.76. The molecule has 1 heterocycles. The van der Waals surface area contributed by atoms with Gasteiger partial charge in [-0.25, -0.2) is 12.8 Å². The Hall–Kier alpha value is -2.17. The summed E-state index contributed by atoms with van der Waals surface area (Å²) in [7, 11) is -4.03. The van der Waals surface area contributed by atoms with Gasteiger partial charge in [0.05, 0.1) is 4.90 Å². The molecule has 0 spiro atoms. The predicted octanol–water partition coefficient (Wildman–Crippen LogP) is 4.79. The third-order valence-corrected chi connectivity index (χ3v) is 7.36. The summed E-state index contributed by atoms with van der Waals surface area (Å²) in [6, 6.07) is 8.68. The van der Waals surface area contributed by atoms with Crippen molar-refractivity contribution in [2.45, 2.75) is 56.5 Å². The zero-order chi connectivity index (χ0) is 23.5. The number of ether oxygens (including phenoxy) is 1. The van der Waals surface area contributed by atoms with Gasteiger partial charge < -0.3 is 10.1 Å². The molecular formula is C22H26F4N2O3S. The van der Waals surface area contributed by atoms with Crippen molar-refractivity contribution in [2.24, 2.45) is 0 Å². The fourth-order valence-corrected chi connectivity index (χ4v) is 5.37. The number of rotatable bonds is 7. The van der Waals surface area contributed by atoms with Crippen molar-refractivity contribution < 1.29 is 30.7 Å². The first-order chi connectivity index (χ1) is 15.0. The molecule has 1 aliphatic rings. The first-order valence-corrected chi connectivity index (χ1v) is 11.8. The molecule has 1 N–H and O–H groups in total. The van der Waals surface area contributed by atoms with Gasteiger partial charge in [0.25, 0.3) is 0 Å². The molecule has 2 aromatic carbocycles. The van der Waals surface area contributed by atoms with E-state index in [1.165, 1.54) is 16.4 Å². The molecule has 5 nitrogen and oxygen atoms in total. The number of nitrogens with zero attached hydrogens (tertiary/aromatic N) is 1. The minimum Gasteiger partial charge on any atom is -0.406 e. The van der Waals surface area contributed by atoms with Crippen LogP contribution >= 0.6 is 0 Å². The summed E-state index contributed by atoms with van der Waals surface area (Å²) in [5.74, 6) is -1.18. The number of sulfonamides is 1. The van der Waals surface area contributed by atoms with Crippen molar-refractivity contribution in [2.75, 3.05) is 13.1 Å². The standard InChI is InChI=1S/C22H26F4N2O3S/c1-15(2)16-3-6-20(7-4-16)32(29,30)28(18-9-11-27-12-10-18)14-17-13-19(5-8-21(17)23)31-22(24,25)26/h3-8,13,15,18,27H,9-12,14H2,1-2H3. The molecule has 0 amide bonds. The minimum atomic E-state index is -4.94. The summed E-state index contributed by atoms with van der Waals surface area (Å²) in [6.07, 6.45) is -3.93. The highest BCUT2D eigenvalue weighted by Gasteiger charge is 2.34. The molecule has 0 aromatic heterocycles. The van der Waals surface area contributed by atoms with Crippen LogP contribution in [-0.2, 0) is 16.6 Å². The van der Waals surface area contributed by atoms with Crippen LogP contribution in [0.3, 0.4) is 0 Å². The summed E-state index contributed by atoms with van der Waals surface area (Å²) in [4.78, 5) is 0.0588. The van der Waals surface area contributed by atoms with Crippen molar-refractivity contribution in [1.82, 2.24) is 9.62 Å². The Kier molecular flexibility index (Phi) is 7.46. The lowest BCUT2D eigenvalue weighted by molar-refractivity contribution is -0.274. The average molecular weight is 475 g/mol. The molecule has 0 aliphatic carbocycles. The zero-order valence-corrected chi connectivity index (χ0v) is 18.6. The van der Waals surface area contributed by atoms with Gasteiger partial charge in [-0.2, -0.15) is 4.31 Å². The fraction of sp³-hybridized carbons (Fsp3) is 0.455. The van der Waals surface area contributed by atoms with E-state index in [0.29, 0.717) is 25.9 Å². The van der Waals surface area contributed by atoms with Gasteiger partial charge in [0.1, 0.15) is 11.6 Å². The number of halogens is 4. The number of hydrogen-bond donors (Lipinski definition) is 1. The van der Waals surface area contributed by atoms with E-state index in [1.807, 2.05) is 13.8 Å². The van der Waals surface area contributed by atoms with Gasteiger partial charge in [-0.1, -0.05) is 26.0 Å². The van der Waals surface area contributed by atoms with E-state index in [9.17, 15) is 26.0 Å². The average Bonchev–Trinajstić information content (AvgIpc) is 2.73. The Morgan fingerprint density at radius 3 is 2.28 bits per heavy atom. The molecule has 176 valence electrons. The van der Waals surface area contributed by atoms with Crippen molar-refractivity contribution in [3.63, 3.8) is 0 Å². The van der Waals surface area contributed by atoms with Crippen LogP contribution in [-0.4, -0.2) is 38.2 Å². The maximum Gasteiger partial charge on any atom is 0.573 e. The normalized spacial score (nSPS) is 16.0. The number of nitrogens with one attached hydrogen (secondary N) is 1. The van der Waals surface area contributed by atoms with Gasteiger partial charge in [-0.3, -0.25) is 0 Å². The molecule has 0 saturated carbocycles. The highest BCUT2D eigenvalue weighted by atomic mass is 32.2. The quantitative estimate of drug-likeness (QED) is 0.587. The van der Waals surface area contributed by atoms with E-state index >= 15 is 0 Å². The molecule has 1 saturated heterocycles. The van der Waals surface area contributed by atoms with E-state index in [2.05, 4.69) is 10.1 Å². The molecule has 2 aromatic rings. The fourth-order valence-electron chi connectivity index (χ4n) is 3.70. The lowest BCUT2D eigenvalue weighted by Crippen LogP contribution is -2.45. The van der Waals surface area contributed by atoms with Crippen molar-refractivity contribution in [1.29, 1.82) is 0 Å². The molecule has 10 heteroatoms. The Bertz CT molecular complexity index is 1020. The largest absolute Gasteiger partial charge is 0.573 e. The van der Waals surface area contributed by atoms with Gasteiger partial charge in [-0.05, 0) is 67.7 Å². The second-order valence-electron chi connectivity index (χ2n) is 8.06. The molecule has 3 rings (SSSR count). The highest BCUT2D eigenvalue weighted by Crippen LogP contribution is 2.30. The van der Waals surface area contributed by atoms with Crippen LogP contribution in [0.5, 0.6) is 5.75 Å². The maximum absolute atomic E-state index is 14.5. The van der Waals surface area contributed by atoms with Crippen molar-refractivity contribution in [3.8, 4) is 5.75 Å². The van der Waals surface area contributed by atoms with E-state index in [0.717, 1.165) is 23.8 Å². The van der Waals surface area contributed by atoms with Crippen LogP contribution in [0, 0.1) is 5.82 Å². The molecular weight excluding hydrogens is 448 g/mol. The zero-order valence-electron chi connectivity index (χ0n) is 17.8. The molecule has 1 fully saturated rings. The summed E-state index contributed by atoms with van der Waals surface area (Å²) in [5, 5.41) is 3.15. The Balaban J connectivity index is 1.97. The van der Waals surface area contributed by atoms with Crippen LogP contribution in [0.1, 0.15) is 43.7 Å².